The lowest BCUT2D eigenvalue weighted by Crippen LogP contribution is -2.30. The van der Waals surface area contributed by atoms with Gasteiger partial charge in [0.15, 0.2) is 0 Å². The molecule has 0 bridgehead atoms. The molecule has 2 aromatic carbocycles. The van der Waals surface area contributed by atoms with Gasteiger partial charge in [-0.15, -0.1) is 0 Å². The molecule has 0 radical (unpaired) electrons. The maximum absolute atomic E-state index is 12.1. The Morgan fingerprint density at radius 3 is 2.19 bits per heavy atom. The van der Waals surface area contributed by atoms with Gasteiger partial charge in [0.05, 0.1) is 0 Å². The fraction of sp³-hybridized carbons (Fsp3) is 0.286. The highest BCUT2D eigenvalue weighted by atomic mass is 16.2. The molecule has 0 aliphatic heterocycles. The smallest absolute Gasteiger partial charge is 0.251 e. The average molecular weight is 367 g/mol. The van der Waals surface area contributed by atoms with E-state index in [4.69, 9.17) is 0 Å². The summed E-state index contributed by atoms with van der Waals surface area (Å²) in [4.78, 5) is 35.6. The molecule has 0 aromatic heterocycles. The van der Waals surface area contributed by atoms with Crippen LogP contribution in [0.5, 0.6) is 0 Å². The molecule has 2 rings (SSSR count). The summed E-state index contributed by atoms with van der Waals surface area (Å²) in [6.45, 7) is 4.35. The molecule has 6 heteroatoms. The van der Waals surface area contributed by atoms with Crippen LogP contribution in [0.4, 0.5) is 5.69 Å². The van der Waals surface area contributed by atoms with Crippen molar-refractivity contribution in [2.24, 2.45) is 5.92 Å². The first kappa shape index (κ1) is 20.2. The molecular formula is C21H25N3O3. The van der Waals surface area contributed by atoms with E-state index in [2.05, 4.69) is 16.0 Å². The minimum absolute atomic E-state index is 0.0753. The van der Waals surface area contributed by atoms with E-state index in [0.29, 0.717) is 17.8 Å². The first-order valence-electron chi connectivity index (χ1n) is 8.95. The first-order chi connectivity index (χ1) is 13.0. The van der Waals surface area contributed by atoms with Crippen molar-refractivity contribution in [2.45, 2.75) is 26.8 Å². The van der Waals surface area contributed by atoms with E-state index in [0.717, 1.165) is 5.56 Å². The van der Waals surface area contributed by atoms with E-state index in [1.54, 1.807) is 24.3 Å². The normalized spacial score (nSPS) is 10.3. The van der Waals surface area contributed by atoms with Crippen LogP contribution in [-0.4, -0.2) is 24.3 Å². The Hall–Kier alpha value is -3.15. The van der Waals surface area contributed by atoms with Crippen molar-refractivity contribution in [2.75, 3.05) is 11.9 Å². The molecule has 0 aliphatic carbocycles. The van der Waals surface area contributed by atoms with Crippen LogP contribution < -0.4 is 16.0 Å². The number of hydrogen-bond donors (Lipinski definition) is 3. The van der Waals surface area contributed by atoms with Crippen LogP contribution in [0.15, 0.2) is 54.6 Å². The Labute approximate surface area is 159 Å². The standard InChI is InChI=1S/C21H25N3O3/c1-15(2)20(26)24-18-10-8-17(9-11-18)21(27)22-13-12-19(25)23-14-16-6-4-3-5-7-16/h3-11,15H,12-14H2,1-2H3,(H,22,27)(H,23,25)(H,24,26). The van der Waals surface area contributed by atoms with Crippen LogP contribution >= 0.6 is 0 Å². The highest BCUT2D eigenvalue weighted by Gasteiger charge is 2.09. The van der Waals surface area contributed by atoms with Gasteiger partial charge in [0.2, 0.25) is 11.8 Å². The van der Waals surface area contributed by atoms with Gasteiger partial charge in [-0.2, -0.15) is 0 Å². The van der Waals surface area contributed by atoms with Gasteiger partial charge in [-0.1, -0.05) is 44.2 Å². The van der Waals surface area contributed by atoms with Crippen LogP contribution in [0, 0.1) is 5.92 Å². The lowest BCUT2D eigenvalue weighted by Gasteiger charge is -2.09. The Kier molecular flexibility index (Phi) is 7.55. The summed E-state index contributed by atoms with van der Waals surface area (Å²) in [5.41, 5.74) is 2.15. The van der Waals surface area contributed by atoms with Crippen LogP contribution in [0.25, 0.3) is 0 Å². The summed E-state index contributed by atoms with van der Waals surface area (Å²) in [6.07, 6.45) is 0.209. The highest BCUT2D eigenvalue weighted by Crippen LogP contribution is 2.11. The van der Waals surface area contributed by atoms with Gasteiger partial charge in [-0.05, 0) is 29.8 Å². The zero-order valence-electron chi connectivity index (χ0n) is 15.6. The van der Waals surface area contributed by atoms with E-state index >= 15 is 0 Å². The number of rotatable bonds is 8. The van der Waals surface area contributed by atoms with Crippen molar-refractivity contribution in [1.29, 1.82) is 0 Å². The Bertz CT molecular complexity index is 771. The third kappa shape index (κ3) is 6.93. The molecule has 3 N–H and O–H groups in total. The summed E-state index contributed by atoms with van der Waals surface area (Å²) >= 11 is 0. The van der Waals surface area contributed by atoms with Crippen molar-refractivity contribution >= 4 is 23.4 Å². The fourth-order valence-corrected chi connectivity index (χ4v) is 2.27. The maximum Gasteiger partial charge on any atom is 0.251 e. The molecule has 0 saturated heterocycles. The maximum atomic E-state index is 12.1. The monoisotopic (exact) mass is 367 g/mol. The summed E-state index contributed by atoms with van der Waals surface area (Å²) in [5.74, 6) is -0.562. The summed E-state index contributed by atoms with van der Waals surface area (Å²) < 4.78 is 0. The number of nitrogens with one attached hydrogen (secondary N) is 3. The number of amides is 3. The molecule has 3 amide bonds. The second-order valence-corrected chi connectivity index (χ2v) is 6.49. The molecule has 0 aliphatic rings. The number of carbonyl (C=O) groups is 3. The fourth-order valence-electron chi connectivity index (χ4n) is 2.27. The number of carbonyl (C=O) groups excluding carboxylic acids is 3. The van der Waals surface area contributed by atoms with Crippen LogP contribution in [-0.2, 0) is 16.1 Å². The van der Waals surface area contributed by atoms with Crippen molar-refractivity contribution in [1.82, 2.24) is 10.6 Å². The average Bonchev–Trinajstić information content (AvgIpc) is 2.67. The third-order valence-electron chi connectivity index (χ3n) is 3.91. The van der Waals surface area contributed by atoms with Crippen LogP contribution in [0.1, 0.15) is 36.2 Å². The zero-order valence-corrected chi connectivity index (χ0v) is 15.6. The quantitative estimate of drug-likeness (QED) is 0.670. The van der Waals surface area contributed by atoms with Gasteiger partial charge >= 0.3 is 0 Å². The van der Waals surface area contributed by atoms with E-state index in [-0.39, 0.29) is 36.6 Å². The zero-order chi connectivity index (χ0) is 19.6. The molecule has 0 unspecified atom stereocenters. The molecule has 2 aromatic rings. The van der Waals surface area contributed by atoms with Gasteiger partial charge in [0.1, 0.15) is 0 Å². The van der Waals surface area contributed by atoms with E-state index < -0.39 is 0 Å². The third-order valence-corrected chi connectivity index (χ3v) is 3.91. The summed E-state index contributed by atoms with van der Waals surface area (Å²) in [6, 6.07) is 16.3. The predicted octanol–water partition coefficient (Wildman–Crippen LogP) is 2.72. The van der Waals surface area contributed by atoms with E-state index in [9.17, 15) is 14.4 Å². The van der Waals surface area contributed by atoms with Gasteiger partial charge < -0.3 is 16.0 Å². The predicted molar refractivity (Wildman–Crippen MR) is 105 cm³/mol. The molecule has 0 atom stereocenters. The summed E-state index contributed by atoms with van der Waals surface area (Å²) in [7, 11) is 0. The van der Waals surface area contributed by atoms with Crippen LogP contribution in [0.3, 0.4) is 0 Å². The number of benzene rings is 2. The molecular weight excluding hydrogens is 342 g/mol. The van der Waals surface area contributed by atoms with E-state index in [1.165, 1.54) is 0 Å². The molecule has 27 heavy (non-hydrogen) atoms. The number of anilines is 1. The van der Waals surface area contributed by atoms with Crippen LogP contribution in [0.2, 0.25) is 0 Å². The lowest BCUT2D eigenvalue weighted by atomic mass is 10.1. The van der Waals surface area contributed by atoms with Gasteiger partial charge in [0, 0.05) is 36.7 Å². The minimum Gasteiger partial charge on any atom is -0.352 e. The van der Waals surface area contributed by atoms with Crippen molar-refractivity contribution in [3.05, 3.63) is 65.7 Å². The molecule has 142 valence electrons. The Morgan fingerprint density at radius 1 is 0.889 bits per heavy atom. The highest BCUT2D eigenvalue weighted by molar-refractivity contribution is 5.96. The molecule has 0 heterocycles. The Morgan fingerprint density at radius 2 is 1.56 bits per heavy atom. The number of hydrogen-bond acceptors (Lipinski definition) is 3. The minimum atomic E-state index is -0.257. The van der Waals surface area contributed by atoms with Crippen molar-refractivity contribution in [3.8, 4) is 0 Å². The molecule has 0 spiro atoms. The van der Waals surface area contributed by atoms with Gasteiger partial charge in [-0.3, -0.25) is 14.4 Å². The van der Waals surface area contributed by atoms with Crippen molar-refractivity contribution < 1.29 is 14.4 Å². The molecule has 0 saturated carbocycles. The second-order valence-electron chi connectivity index (χ2n) is 6.49. The molecule has 0 fully saturated rings. The van der Waals surface area contributed by atoms with E-state index in [1.807, 2.05) is 44.2 Å². The topological polar surface area (TPSA) is 87.3 Å². The Balaban J connectivity index is 1.72. The van der Waals surface area contributed by atoms with Gasteiger partial charge in [-0.25, -0.2) is 0 Å². The second kappa shape index (κ2) is 10.1. The lowest BCUT2D eigenvalue weighted by molar-refractivity contribution is -0.121. The van der Waals surface area contributed by atoms with Gasteiger partial charge in [0.25, 0.3) is 5.91 Å². The molecule has 6 nitrogen and oxygen atoms in total. The van der Waals surface area contributed by atoms with Crippen molar-refractivity contribution in [3.63, 3.8) is 0 Å². The SMILES string of the molecule is CC(C)C(=O)Nc1ccc(C(=O)NCCC(=O)NCc2ccccc2)cc1. The summed E-state index contributed by atoms with van der Waals surface area (Å²) in [5, 5.41) is 8.31. The largest absolute Gasteiger partial charge is 0.352 e. The first-order valence-corrected chi connectivity index (χ1v) is 8.95.